The summed E-state index contributed by atoms with van der Waals surface area (Å²) < 4.78 is 46.6. The van der Waals surface area contributed by atoms with E-state index in [1.165, 1.54) is 6.07 Å². The number of aliphatic hydroxyl groups is 2. The van der Waals surface area contributed by atoms with Crippen molar-refractivity contribution in [3.63, 3.8) is 0 Å². The molecule has 1 fully saturated rings. The molecule has 0 aromatic heterocycles. The van der Waals surface area contributed by atoms with Crippen LogP contribution in [-0.4, -0.2) is 78.3 Å². The minimum Gasteiger partial charge on any atom is -0.489 e. The first-order chi connectivity index (χ1) is 28.9. The predicted octanol–water partition coefficient (Wildman–Crippen LogP) is 8.34. The van der Waals surface area contributed by atoms with Crippen molar-refractivity contribution in [3.8, 4) is 23.0 Å². The van der Waals surface area contributed by atoms with Crippen molar-refractivity contribution in [2.75, 3.05) is 39.8 Å². The second-order valence-corrected chi connectivity index (χ2v) is 15.6. The quantitative estimate of drug-likeness (QED) is 0.0658. The predicted molar refractivity (Wildman–Crippen MR) is 221 cm³/mol. The van der Waals surface area contributed by atoms with E-state index >= 15 is 0 Å². The van der Waals surface area contributed by atoms with Crippen LogP contribution in [0.2, 0.25) is 0 Å². The van der Waals surface area contributed by atoms with Gasteiger partial charge < -0.3 is 43.6 Å². The van der Waals surface area contributed by atoms with E-state index in [2.05, 4.69) is 12.7 Å². The number of carbonyl (C=O) groups excluding carboxylic acids is 1. The van der Waals surface area contributed by atoms with Crippen molar-refractivity contribution in [1.82, 2.24) is 4.90 Å². The molecule has 0 radical (unpaired) electrons. The van der Waals surface area contributed by atoms with Gasteiger partial charge in [0.2, 0.25) is 12.6 Å². The Balaban J connectivity index is 1.41. The van der Waals surface area contributed by atoms with E-state index in [1.807, 2.05) is 36.9 Å². The van der Waals surface area contributed by atoms with Gasteiger partial charge in [-0.3, -0.25) is 4.79 Å². The Hall–Kier alpha value is -4.91. The average Bonchev–Trinajstić information content (AvgIpc) is 3.73. The Kier molecular flexibility index (Phi) is 13.9. The SMILES string of the molecule is C=CCOC12Oc3ccc(OCc4ccccc4F)cc3C3C(CCCCO)C(CCCCO)C=C(C(=NOCC)CC1N(CCC)C(=O)c1ccc4c(c1)OCO4)C32. The van der Waals surface area contributed by atoms with Gasteiger partial charge in [-0.2, -0.15) is 0 Å². The summed E-state index contributed by atoms with van der Waals surface area (Å²) in [4.78, 5) is 22.7. The fraction of sp³-hybridized carbons (Fsp3) is 0.489. The van der Waals surface area contributed by atoms with Crippen LogP contribution in [0.1, 0.15) is 92.6 Å². The molecular formula is C47H57FN2O9. The molecular weight excluding hydrogens is 756 g/mol. The van der Waals surface area contributed by atoms with E-state index < -0.39 is 17.7 Å². The van der Waals surface area contributed by atoms with E-state index in [0.29, 0.717) is 73.0 Å². The van der Waals surface area contributed by atoms with Crippen molar-refractivity contribution in [2.45, 2.75) is 89.6 Å². The second kappa shape index (κ2) is 19.4. The van der Waals surface area contributed by atoms with Crippen LogP contribution < -0.4 is 18.9 Å². The van der Waals surface area contributed by atoms with Crippen LogP contribution >= 0.6 is 0 Å². The zero-order chi connectivity index (χ0) is 41.4. The lowest BCUT2D eigenvalue weighted by atomic mass is 9.55. The third kappa shape index (κ3) is 8.72. The highest BCUT2D eigenvalue weighted by atomic mass is 19.1. The molecule has 2 aliphatic carbocycles. The molecule has 3 aromatic rings. The van der Waals surface area contributed by atoms with E-state index in [-0.39, 0.29) is 62.7 Å². The number of halogens is 1. The molecule has 1 saturated carbocycles. The molecule has 7 rings (SSSR count). The molecule has 2 N–H and O–H groups in total. The lowest BCUT2D eigenvalue weighted by molar-refractivity contribution is -0.254. The molecule has 0 bridgehead atoms. The third-order valence-electron chi connectivity index (χ3n) is 12.0. The standard InChI is InChI=1S/C47H57FN2O9/c1-4-21-50(46(53)32-17-19-41-42(26-32)56-30-55-41)43-28-39(49-58-6-3)36-25-31(13-9-11-22-51)35(15-10-12-23-52)44-37-27-34(54-29-33-14-7-8-16-38(33)48)18-20-40(37)59-47(43,45(36)44)57-24-5-2/h5,7-8,14,16-20,25-27,31,35,43-45,51-52H,2,4,6,9-13,15,21-24,28-30H2,1,3H3. The van der Waals surface area contributed by atoms with Gasteiger partial charge in [0.1, 0.15) is 36.6 Å². The van der Waals surface area contributed by atoms with Crippen molar-refractivity contribution < 1.29 is 47.9 Å². The number of rotatable bonds is 20. The molecule has 6 atom stereocenters. The molecule has 0 spiro atoms. The summed E-state index contributed by atoms with van der Waals surface area (Å²) in [5.74, 6) is -0.238. The molecule has 12 heteroatoms. The van der Waals surface area contributed by atoms with Gasteiger partial charge in [-0.1, -0.05) is 55.3 Å². The zero-order valence-corrected chi connectivity index (χ0v) is 34.2. The van der Waals surface area contributed by atoms with Gasteiger partial charge in [-0.15, -0.1) is 6.58 Å². The summed E-state index contributed by atoms with van der Waals surface area (Å²) in [5.41, 5.74) is 3.49. The fourth-order valence-electron chi connectivity index (χ4n) is 9.49. The Morgan fingerprint density at radius 1 is 1.00 bits per heavy atom. The Morgan fingerprint density at radius 3 is 2.54 bits per heavy atom. The Bertz CT molecular complexity index is 2000. The number of hydrogen-bond acceptors (Lipinski definition) is 10. The maximum absolute atomic E-state index is 15.0. The van der Waals surface area contributed by atoms with Gasteiger partial charge in [0.25, 0.3) is 5.91 Å². The largest absolute Gasteiger partial charge is 0.489 e. The molecule has 3 aromatic carbocycles. The Morgan fingerprint density at radius 2 is 1.78 bits per heavy atom. The number of carbonyl (C=O) groups is 1. The minimum atomic E-state index is -1.40. The molecule has 316 valence electrons. The topological polar surface area (TPSA) is 129 Å². The van der Waals surface area contributed by atoms with Crippen LogP contribution in [0.25, 0.3) is 0 Å². The number of ether oxygens (including phenoxy) is 5. The van der Waals surface area contributed by atoms with Crippen molar-refractivity contribution in [3.05, 3.63) is 107 Å². The van der Waals surface area contributed by atoms with Crippen LogP contribution in [0.15, 0.2) is 90.1 Å². The molecule has 0 saturated heterocycles. The lowest BCUT2D eigenvalue weighted by Crippen LogP contribution is -2.70. The zero-order valence-electron chi connectivity index (χ0n) is 34.2. The van der Waals surface area contributed by atoms with Crippen molar-refractivity contribution in [2.24, 2.45) is 22.9 Å². The molecule has 4 aliphatic rings. The fourth-order valence-corrected chi connectivity index (χ4v) is 9.49. The molecule has 2 aliphatic heterocycles. The van der Waals surface area contributed by atoms with Gasteiger partial charge in [-0.25, -0.2) is 4.39 Å². The van der Waals surface area contributed by atoms with E-state index in [1.54, 1.807) is 42.5 Å². The van der Waals surface area contributed by atoms with Gasteiger partial charge in [-0.05, 0) is 98.9 Å². The van der Waals surface area contributed by atoms with E-state index in [4.69, 9.17) is 33.7 Å². The number of allylic oxidation sites excluding steroid dienone is 1. The summed E-state index contributed by atoms with van der Waals surface area (Å²) in [6.07, 6.45) is 9.53. The number of fused-ring (bicyclic) bond motifs is 3. The van der Waals surface area contributed by atoms with Crippen LogP contribution in [-0.2, 0) is 16.2 Å². The lowest BCUT2D eigenvalue weighted by Gasteiger charge is -2.60. The highest BCUT2D eigenvalue weighted by molar-refractivity contribution is 6.03. The molecule has 2 heterocycles. The van der Waals surface area contributed by atoms with Crippen LogP contribution in [0.4, 0.5) is 4.39 Å². The van der Waals surface area contributed by atoms with Crippen molar-refractivity contribution in [1.29, 1.82) is 0 Å². The van der Waals surface area contributed by atoms with Crippen LogP contribution in [0.5, 0.6) is 23.0 Å². The number of oxime groups is 1. The number of hydrogen-bond donors (Lipinski definition) is 2. The maximum atomic E-state index is 15.0. The van der Waals surface area contributed by atoms with Gasteiger partial charge in [0, 0.05) is 48.8 Å². The average molecular weight is 813 g/mol. The van der Waals surface area contributed by atoms with Crippen LogP contribution in [0.3, 0.4) is 0 Å². The van der Waals surface area contributed by atoms with Crippen molar-refractivity contribution >= 4 is 11.6 Å². The van der Waals surface area contributed by atoms with Gasteiger partial charge in [0.05, 0.1) is 18.2 Å². The first-order valence-corrected chi connectivity index (χ1v) is 21.1. The summed E-state index contributed by atoms with van der Waals surface area (Å²) in [6, 6.07) is 16.9. The maximum Gasteiger partial charge on any atom is 0.254 e. The molecule has 6 unspecified atom stereocenters. The van der Waals surface area contributed by atoms with Gasteiger partial charge >= 0.3 is 0 Å². The number of benzene rings is 3. The number of amides is 1. The highest BCUT2D eigenvalue weighted by Gasteiger charge is 2.65. The number of unbranched alkanes of at least 4 members (excludes halogenated alkanes) is 2. The highest BCUT2D eigenvalue weighted by Crippen LogP contribution is 2.62. The monoisotopic (exact) mass is 812 g/mol. The third-order valence-corrected chi connectivity index (χ3v) is 12.0. The summed E-state index contributed by atoms with van der Waals surface area (Å²) >= 11 is 0. The van der Waals surface area contributed by atoms with E-state index in [0.717, 1.165) is 42.5 Å². The Labute approximate surface area is 346 Å². The minimum absolute atomic E-state index is 0.0430. The summed E-state index contributed by atoms with van der Waals surface area (Å²) in [6.45, 7) is 9.18. The first kappa shape index (κ1) is 42.2. The molecule has 59 heavy (non-hydrogen) atoms. The smallest absolute Gasteiger partial charge is 0.254 e. The normalized spacial score (nSPS) is 24.4. The molecule has 11 nitrogen and oxygen atoms in total. The second-order valence-electron chi connectivity index (χ2n) is 15.6. The van der Waals surface area contributed by atoms with E-state index in [9.17, 15) is 19.4 Å². The summed E-state index contributed by atoms with van der Waals surface area (Å²) in [5, 5.41) is 24.6. The first-order valence-electron chi connectivity index (χ1n) is 21.1. The molecule has 1 amide bonds. The summed E-state index contributed by atoms with van der Waals surface area (Å²) in [7, 11) is 0. The number of aliphatic hydroxyl groups excluding tert-OH is 2. The van der Waals surface area contributed by atoms with Crippen LogP contribution in [0, 0.1) is 23.6 Å². The number of nitrogens with zero attached hydrogens (tertiary/aromatic N) is 2. The van der Waals surface area contributed by atoms with Gasteiger partial charge in [0.15, 0.2) is 11.5 Å².